The Hall–Kier alpha value is -1.90. The number of quaternary nitrogens is 1. The molecule has 21 heavy (non-hydrogen) atoms. The first-order valence-corrected chi connectivity index (χ1v) is 8.25. The van der Waals surface area contributed by atoms with E-state index in [-0.39, 0.29) is 0 Å². The second-order valence-corrected chi connectivity index (χ2v) is 6.74. The Morgan fingerprint density at radius 3 is 2.05 bits per heavy atom. The molecule has 0 radical (unpaired) electrons. The van der Waals surface area contributed by atoms with E-state index >= 15 is 0 Å². The summed E-state index contributed by atoms with van der Waals surface area (Å²) in [5.41, 5.74) is 5.74. The summed E-state index contributed by atoms with van der Waals surface area (Å²) in [5.74, 6) is 0. The molecule has 2 heteroatoms. The van der Waals surface area contributed by atoms with Crippen molar-refractivity contribution in [3.8, 4) is 11.1 Å². The van der Waals surface area contributed by atoms with Crippen LogP contribution in [0.15, 0.2) is 66.0 Å². The summed E-state index contributed by atoms with van der Waals surface area (Å²) in [6, 6.07) is 22.5. The normalized spacial score (nSPS) is 14.7. The van der Waals surface area contributed by atoms with Gasteiger partial charge in [-0.1, -0.05) is 54.6 Å². The van der Waals surface area contributed by atoms with Crippen LogP contribution in [0.1, 0.15) is 22.0 Å². The monoisotopic (exact) mass is 292 g/mol. The van der Waals surface area contributed by atoms with Gasteiger partial charge in [-0.05, 0) is 22.6 Å². The smallest absolute Gasteiger partial charge is 0.140 e. The average Bonchev–Trinajstić information content (AvgIpc) is 3.12. The quantitative estimate of drug-likeness (QED) is 0.753. The lowest BCUT2D eigenvalue weighted by atomic mass is 10.0. The molecule has 0 aliphatic heterocycles. The molecule has 1 atom stereocenters. The van der Waals surface area contributed by atoms with Crippen molar-refractivity contribution in [3.05, 3.63) is 82.0 Å². The number of nitrogens with one attached hydrogen (secondary N) is 1. The second kappa shape index (κ2) is 5.14. The van der Waals surface area contributed by atoms with E-state index in [0.29, 0.717) is 6.04 Å². The fraction of sp³-hybridized carbons (Fsp3) is 0.158. The molecule has 0 bridgehead atoms. The fourth-order valence-electron chi connectivity index (χ4n) is 3.48. The number of hydrogen-bond donors (Lipinski definition) is 1. The predicted molar refractivity (Wildman–Crippen MR) is 88.6 cm³/mol. The molecule has 0 saturated carbocycles. The molecule has 2 aromatic carbocycles. The largest absolute Gasteiger partial charge is 0.323 e. The highest BCUT2D eigenvalue weighted by molar-refractivity contribution is 7.09. The van der Waals surface area contributed by atoms with Crippen LogP contribution in [0.4, 0.5) is 0 Å². The highest BCUT2D eigenvalue weighted by Crippen LogP contribution is 2.41. The highest BCUT2D eigenvalue weighted by Gasteiger charge is 2.34. The molecule has 1 aliphatic carbocycles. The number of fused-ring (bicyclic) bond motifs is 3. The first-order chi connectivity index (χ1) is 10.3. The molecule has 0 spiro atoms. The van der Waals surface area contributed by atoms with Crippen LogP contribution < -0.4 is 4.90 Å². The zero-order chi connectivity index (χ0) is 14.2. The lowest BCUT2D eigenvalue weighted by Crippen LogP contribution is -3.07. The van der Waals surface area contributed by atoms with Gasteiger partial charge in [0.15, 0.2) is 0 Å². The van der Waals surface area contributed by atoms with Crippen LogP contribution >= 0.6 is 11.3 Å². The lowest BCUT2D eigenvalue weighted by Gasteiger charge is -2.22. The Morgan fingerprint density at radius 2 is 1.48 bits per heavy atom. The number of hydrogen-bond acceptors (Lipinski definition) is 1. The predicted octanol–water partition coefficient (Wildman–Crippen LogP) is 3.53. The summed E-state index contributed by atoms with van der Waals surface area (Å²) in [7, 11) is 2.31. The molecule has 4 rings (SSSR count). The third-order valence-corrected chi connectivity index (χ3v) is 5.24. The first kappa shape index (κ1) is 12.8. The molecule has 3 aromatic rings. The van der Waals surface area contributed by atoms with Crippen molar-refractivity contribution in [3.63, 3.8) is 0 Å². The molecule has 1 aliphatic rings. The third-order valence-electron chi connectivity index (χ3n) is 4.36. The summed E-state index contributed by atoms with van der Waals surface area (Å²) in [6.07, 6.45) is 0. The van der Waals surface area contributed by atoms with Gasteiger partial charge >= 0.3 is 0 Å². The Morgan fingerprint density at radius 1 is 0.857 bits per heavy atom. The van der Waals surface area contributed by atoms with E-state index in [1.54, 1.807) is 0 Å². The SMILES string of the molecule is C[NH+](Cc1cccs1)C1c2ccccc2-c2ccccc21. The molecule has 1 unspecified atom stereocenters. The Bertz CT molecular complexity index is 715. The van der Waals surface area contributed by atoms with E-state index in [1.807, 2.05) is 11.3 Å². The molecule has 104 valence electrons. The molecule has 1 heterocycles. The topological polar surface area (TPSA) is 4.44 Å². The van der Waals surface area contributed by atoms with E-state index in [0.717, 1.165) is 6.54 Å². The second-order valence-electron chi connectivity index (χ2n) is 5.71. The van der Waals surface area contributed by atoms with Gasteiger partial charge < -0.3 is 4.90 Å². The number of thiophene rings is 1. The molecule has 0 saturated heterocycles. The van der Waals surface area contributed by atoms with E-state index < -0.39 is 0 Å². The van der Waals surface area contributed by atoms with Crippen molar-refractivity contribution in [2.24, 2.45) is 0 Å². The minimum Gasteiger partial charge on any atom is -0.323 e. The summed E-state index contributed by atoms with van der Waals surface area (Å²) in [6.45, 7) is 1.07. The number of rotatable bonds is 3. The molecule has 1 aromatic heterocycles. The van der Waals surface area contributed by atoms with Crippen LogP contribution in [-0.4, -0.2) is 7.05 Å². The lowest BCUT2D eigenvalue weighted by molar-refractivity contribution is -0.919. The first-order valence-electron chi connectivity index (χ1n) is 7.37. The average molecular weight is 292 g/mol. The summed E-state index contributed by atoms with van der Waals surface area (Å²) < 4.78 is 0. The molecule has 0 amide bonds. The van der Waals surface area contributed by atoms with Gasteiger partial charge in [0, 0.05) is 11.1 Å². The maximum absolute atomic E-state index is 2.31. The van der Waals surface area contributed by atoms with Gasteiger partial charge in [-0.25, -0.2) is 0 Å². The molecule has 0 fully saturated rings. The van der Waals surface area contributed by atoms with E-state index in [1.165, 1.54) is 32.0 Å². The molecular formula is C19H18NS+. The van der Waals surface area contributed by atoms with Crippen molar-refractivity contribution in [2.45, 2.75) is 12.6 Å². The maximum atomic E-state index is 2.31. The van der Waals surface area contributed by atoms with Crippen molar-refractivity contribution >= 4 is 11.3 Å². The maximum Gasteiger partial charge on any atom is 0.140 e. The van der Waals surface area contributed by atoms with Crippen molar-refractivity contribution in [1.82, 2.24) is 0 Å². The van der Waals surface area contributed by atoms with Crippen LogP contribution in [0.3, 0.4) is 0 Å². The van der Waals surface area contributed by atoms with Crippen molar-refractivity contribution in [2.75, 3.05) is 7.05 Å². The Kier molecular flexibility index (Phi) is 3.13. The van der Waals surface area contributed by atoms with Gasteiger partial charge in [0.1, 0.15) is 12.6 Å². The van der Waals surface area contributed by atoms with Gasteiger partial charge in [0.25, 0.3) is 0 Å². The van der Waals surface area contributed by atoms with Crippen molar-refractivity contribution in [1.29, 1.82) is 0 Å². The summed E-state index contributed by atoms with van der Waals surface area (Å²) >= 11 is 1.85. The van der Waals surface area contributed by atoms with Crippen LogP contribution in [-0.2, 0) is 6.54 Å². The van der Waals surface area contributed by atoms with Crippen LogP contribution in [0.5, 0.6) is 0 Å². The summed E-state index contributed by atoms with van der Waals surface area (Å²) in [4.78, 5) is 2.99. The van der Waals surface area contributed by atoms with Crippen LogP contribution in [0.2, 0.25) is 0 Å². The molecule has 1 nitrogen and oxygen atoms in total. The van der Waals surface area contributed by atoms with Gasteiger partial charge in [-0.15, -0.1) is 11.3 Å². The highest BCUT2D eigenvalue weighted by atomic mass is 32.1. The zero-order valence-electron chi connectivity index (χ0n) is 12.0. The zero-order valence-corrected chi connectivity index (χ0v) is 12.9. The van der Waals surface area contributed by atoms with E-state index in [2.05, 4.69) is 73.1 Å². The van der Waals surface area contributed by atoms with Crippen LogP contribution in [0.25, 0.3) is 11.1 Å². The van der Waals surface area contributed by atoms with Gasteiger partial charge in [-0.3, -0.25) is 0 Å². The van der Waals surface area contributed by atoms with Crippen LogP contribution in [0, 0.1) is 0 Å². The number of benzene rings is 2. The van der Waals surface area contributed by atoms with Gasteiger partial charge in [0.05, 0.1) is 11.9 Å². The minimum atomic E-state index is 0.444. The molecule has 1 N–H and O–H groups in total. The van der Waals surface area contributed by atoms with E-state index in [4.69, 9.17) is 0 Å². The molecular weight excluding hydrogens is 274 g/mol. The Labute approximate surface area is 129 Å². The Balaban J connectivity index is 1.77. The standard InChI is InChI=1S/C19H17NS/c1-20(13-14-7-6-12-21-14)19-17-10-4-2-8-15(17)16-9-3-5-11-18(16)19/h2-12,19H,13H2,1H3/p+1. The minimum absolute atomic E-state index is 0.444. The summed E-state index contributed by atoms with van der Waals surface area (Å²) in [5, 5.41) is 2.17. The third kappa shape index (κ3) is 2.11. The van der Waals surface area contributed by atoms with Gasteiger partial charge in [-0.2, -0.15) is 0 Å². The van der Waals surface area contributed by atoms with E-state index in [9.17, 15) is 0 Å². The van der Waals surface area contributed by atoms with Gasteiger partial charge in [0.2, 0.25) is 0 Å². The van der Waals surface area contributed by atoms with Crippen molar-refractivity contribution < 1.29 is 4.90 Å². The fourth-order valence-corrected chi connectivity index (χ4v) is 4.28.